The first-order valence-corrected chi connectivity index (χ1v) is 10.2. The molecule has 28 heavy (non-hydrogen) atoms. The molecule has 0 aromatic heterocycles. The molecule has 1 aliphatic heterocycles. The minimum absolute atomic E-state index is 0.118. The van der Waals surface area contributed by atoms with Crippen LogP contribution < -0.4 is 0 Å². The van der Waals surface area contributed by atoms with Gasteiger partial charge < -0.3 is 9.84 Å². The van der Waals surface area contributed by atoms with Crippen molar-refractivity contribution in [1.82, 2.24) is 4.90 Å². The van der Waals surface area contributed by atoms with E-state index in [4.69, 9.17) is 0 Å². The number of methoxy groups -OCH3 is 1. The van der Waals surface area contributed by atoms with E-state index < -0.39 is 41.9 Å². The Hall–Kier alpha value is -1.80. The number of carbonyl (C=O) groups is 3. The van der Waals surface area contributed by atoms with E-state index in [9.17, 15) is 19.5 Å². The number of alkyl halides is 1. The topological polar surface area (TPSA) is 83.9 Å². The fraction of sp³-hybridized carbons (Fsp3) is 0.550. The van der Waals surface area contributed by atoms with Crippen LogP contribution in [0.25, 0.3) is 0 Å². The molecule has 3 rings (SSSR count). The van der Waals surface area contributed by atoms with Gasteiger partial charge >= 0.3 is 5.97 Å². The minimum atomic E-state index is -3.06. The highest BCUT2D eigenvalue weighted by molar-refractivity contribution is 9.10. The molecule has 2 fully saturated rings. The normalized spacial score (nSPS) is 24.1. The Morgan fingerprint density at radius 3 is 2.43 bits per heavy atom. The average Bonchev–Trinajstić information content (AvgIpc) is 3.01. The number of halogens is 2. The number of rotatable bonds is 5. The Morgan fingerprint density at radius 2 is 1.86 bits per heavy atom. The quantitative estimate of drug-likeness (QED) is 0.544. The predicted octanol–water partition coefficient (Wildman–Crippen LogP) is 3.07. The SMILES string of the molecule is COC(=O)[C@](F)(C1CC(=O)N(C2CCCCC2)C1=O)[C@H](O)c1ccc(Br)cc1. The first kappa shape index (κ1) is 20.9. The van der Waals surface area contributed by atoms with Crippen molar-refractivity contribution in [3.63, 3.8) is 0 Å². The van der Waals surface area contributed by atoms with Gasteiger partial charge in [0, 0.05) is 16.9 Å². The molecule has 1 saturated heterocycles. The Labute approximate surface area is 171 Å². The van der Waals surface area contributed by atoms with Gasteiger partial charge in [0.05, 0.1) is 13.0 Å². The zero-order chi connectivity index (χ0) is 20.5. The summed E-state index contributed by atoms with van der Waals surface area (Å²) in [5, 5.41) is 10.7. The van der Waals surface area contributed by atoms with Gasteiger partial charge in [-0.15, -0.1) is 0 Å². The second-order valence-electron chi connectivity index (χ2n) is 7.36. The van der Waals surface area contributed by atoms with E-state index >= 15 is 4.39 Å². The molecule has 1 aromatic carbocycles. The van der Waals surface area contributed by atoms with E-state index in [1.54, 1.807) is 12.1 Å². The summed E-state index contributed by atoms with van der Waals surface area (Å²) in [6, 6.07) is 5.81. The molecule has 1 aromatic rings. The van der Waals surface area contributed by atoms with Crippen LogP contribution in [0.4, 0.5) is 4.39 Å². The molecule has 1 heterocycles. The van der Waals surface area contributed by atoms with Crippen LogP contribution in [-0.4, -0.2) is 46.6 Å². The highest BCUT2D eigenvalue weighted by Gasteiger charge is 2.62. The first-order valence-electron chi connectivity index (χ1n) is 9.37. The van der Waals surface area contributed by atoms with Crippen LogP contribution in [0.1, 0.15) is 50.2 Å². The number of likely N-dealkylation sites (tertiary alicyclic amines) is 1. The van der Waals surface area contributed by atoms with Gasteiger partial charge in [0.1, 0.15) is 6.10 Å². The molecular weight excluding hydrogens is 433 g/mol. The lowest BCUT2D eigenvalue weighted by atomic mass is 9.80. The number of amides is 2. The van der Waals surface area contributed by atoms with E-state index in [0.29, 0.717) is 17.3 Å². The van der Waals surface area contributed by atoms with Crippen LogP contribution in [0.5, 0.6) is 0 Å². The lowest BCUT2D eigenvalue weighted by Crippen LogP contribution is -2.51. The summed E-state index contributed by atoms with van der Waals surface area (Å²) in [7, 11) is 0.991. The monoisotopic (exact) mass is 455 g/mol. The van der Waals surface area contributed by atoms with Crippen molar-refractivity contribution < 1.29 is 28.6 Å². The van der Waals surface area contributed by atoms with Crippen LogP contribution in [0, 0.1) is 5.92 Å². The number of ether oxygens (including phenoxy) is 1. The summed E-state index contributed by atoms with van der Waals surface area (Å²) in [6.07, 6.45) is 1.77. The Bertz CT molecular complexity index is 764. The van der Waals surface area contributed by atoms with Crippen molar-refractivity contribution in [3.8, 4) is 0 Å². The second kappa shape index (κ2) is 8.29. The molecule has 1 unspecified atom stereocenters. The first-order chi connectivity index (χ1) is 13.3. The molecular formula is C20H23BrFNO5. The van der Waals surface area contributed by atoms with Gasteiger partial charge in [-0.25, -0.2) is 9.18 Å². The second-order valence-corrected chi connectivity index (χ2v) is 8.28. The maximum absolute atomic E-state index is 16.1. The third-order valence-corrected chi connectivity index (χ3v) is 6.24. The van der Waals surface area contributed by atoms with E-state index in [1.165, 1.54) is 12.1 Å². The molecule has 1 N–H and O–H groups in total. The average molecular weight is 456 g/mol. The van der Waals surface area contributed by atoms with Crippen LogP contribution in [-0.2, 0) is 19.1 Å². The maximum Gasteiger partial charge on any atom is 0.347 e. The Morgan fingerprint density at radius 1 is 1.25 bits per heavy atom. The summed E-state index contributed by atoms with van der Waals surface area (Å²) in [6.45, 7) is 0. The molecule has 0 radical (unpaired) electrons. The number of aliphatic hydroxyl groups excluding tert-OH is 1. The molecule has 2 aliphatic rings. The zero-order valence-electron chi connectivity index (χ0n) is 15.6. The third-order valence-electron chi connectivity index (χ3n) is 5.71. The van der Waals surface area contributed by atoms with Crippen molar-refractivity contribution in [2.75, 3.05) is 7.11 Å². The summed E-state index contributed by atoms with van der Waals surface area (Å²) in [5.41, 5.74) is -2.94. The van der Waals surface area contributed by atoms with Crippen molar-refractivity contribution in [1.29, 1.82) is 0 Å². The number of hydrogen-bond donors (Lipinski definition) is 1. The van der Waals surface area contributed by atoms with Gasteiger partial charge in [-0.1, -0.05) is 47.3 Å². The zero-order valence-corrected chi connectivity index (χ0v) is 17.2. The standard InChI is InChI=1S/C20H23BrFNO5/c1-28-19(27)20(22,17(25)12-7-9-13(21)10-8-12)15-11-16(24)23(18(15)26)14-5-3-2-4-6-14/h7-10,14-15,17,25H,2-6,11H2,1H3/t15?,17-,20+/m1/s1. The number of imide groups is 1. The summed E-state index contributed by atoms with van der Waals surface area (Å²) in [4.78, 5) is 39.1. The summed E-state index contributed by atoms with van der Waals surface area (Å²) >= 11 is 3.25. The molecule has 3 atom stereocenters. The van der Waals surface area contributed by atoms with Crippen LogP contribution in [0.3, 0.4) is 0 Å². The lowest BCUT2D eigenvalue weighted by molar-refractivity contribution is -0.174. The minimum Gasteiger partial charge on any atom is -0.467 e. The van der Waals surface area contributed by atoms with Crippen LogP contribution in [0.15, 0.2) is 28.7 Å². The van der Waals surface area contributed by atoms with Gasteiger partial charge in [0.2, 0.25) is 17.5 Å². The fourth-order valence-electron chi connectivity index (χ4n) is 4.19. The number of benzene rings is 1. The Balaban J connectivity index is 1.95. The smallest absolute Gasteiger partial charge is 0.347 e. The van der Waals surface area contributed by atoms with Crippen molar-refractivity contribution >= 4 is 33.7 Å². The van der Waals surface area contributed by atoms with E-state index in [2.05, 4.69) is 20.7 Å². The van der Waals surface area contributed by atoms with E-state index in [1.807, 2.05) is 0 Å². The predicted molar refractivity (Wildman–Crippen MR) is 102 cm³/mol. The highest BCUT2D eigenvalue weighted by Crippen LogP contribution is 2.44. The summed E-state index contributed by atoms with van der Waals surface area (Å²) < 4.78 is 21.4. The Kier molecular flexibility index (Phi) is 6.19. The number of esters is 1. The van der Waals surface area contributed by atoms with Crippen molar-refractivity contribution in [2.45, 2.75) is 56.3 Å². The van der Waals surface area contributed by atoms with E-state index in [0.717, 1.165) is 31.3 Å². The summed E-state index contributed by atoms with van der Waals surface area (Å²) in [5.74, 6) is -4.23. The number of hydrogen-bond acceptors (Lipinski definition) is 5. The van der Waals surface area contributed by atoms with Gasteiger partial charge in [-0.05, 0) is 30.5 Å². The largest absolute Gasteiger partial charge is 0.467 e. The third kappa shape index (κ3) is 3.59. The molecule has 6 nitrogen and oxygen atoms in total. The highest BCUT2D eigenvalue weighted by atomic mass is 79.9. The van der Waals surface area contributed by atoms with Gasteiger partial charge in [0.25, 0.3) is 0 Å². The van der Waals surface area contributed by atoms with Crippen LogP contribution >= 0.6 is 15.9 Å². The van der Waals surface area contributed by atoms with Crippen molar-refractivity contribution in [3.05, 3.63) is 34.3 Å². The van der Waals surface area contributed by atoms with E-state index in [-0.39, 0.29) is 11.6 Å². The van der Waals surface area contributed by atoms with Crippen LogP contribution in [0.2, 0.25) is 0 Å². The van der Waals surface area contributed by atoms with Gasteiger partial charge in [0.15, 0.2) is 0 Å². The molecule has 8 heteroatoms. The fourth-order valence-corrected chi connectivity index (χ4v) is 4.45. The molecule has 152 valence electrons. The molecule has 0 bridgehead atoms. The van der Waals surface area contributed by atoms with Crippen molar-refractivity contribution in [2.24, 2.45) is 5.92 Å². The molecule has 0 spiro atoms. The molecule has 1 saturated carbocycles. The van der Waals surface area contributed by atoms with Gasteiger partial charge in [-0.2, -0.15) is 0 Å². The maximum atomic E-state index is 16.1. The lowest BCUT2D eigenvalue weighted by Gasteiger charge is -2.33. The number of nitrogens with zero attached hydrogens (tertiary/aromatic N) is 1. The molecule has 1 aliphatic carbocycles. The number of carbonyl (C=O) groups excluding carboxylic acids is 3. The molecule has 2 amide bonds. The number of aliphatic hydroxyl groups is 1. The van der Waals surface area contributed by atoms with Gasteiger partial charge in [-0.3, -0.25) is 14.5 Å².